The second-order valence-electron chi connectivity index (χ2n) is 13.8. The Morgan fingerprint density at radius 2 is 1.77 bits per heavy atom. The Kier molecular flexibility index (Phi) is 8.23. The van der Waals surface area contributed by atoms with E-state index in [1.807, 2.05) is 0 Å². The van der Waals surface area contributed by atoms with Gasteiger partial charge in [-0.2, -0.15) is 0 Å². The van der Waals surface area contributed by atoms with Crippen LogP contribution in [-0.2, 0) is 14.3 Å². The van der Waals surface area contributed by atoms with E-state index in [0.717, 1.165) is 54.8 Å². The van der Waals surface area contributed by atoms with Crippen molar-refractivity contribution in [3.63, 3.8) is 0 Å². The minimum Gasteiger partial charge on any atom is -0.462 e. The molecule has 35 heavy (non-hydrogen) atoms. The third kappa shape index (κ3) is 5.45. The molecule has 3 nitrogen and oxygen atoms in total. The van der Waals surface area contributed by atoms with Gasteiger partial charge in [-0.15, -0.1) is 0 Å². The molecular weight excluding hydrogens is 432 g/mol. The molecule has 0 N–H and O–H groups in total. The molecule has 8 atom stereocenters. The van der Waals surface area contributed by atoms with E-state index >= 15 is 0 Å². The average molecular weight is 485 g/mol. The van der Waals surface area contributed by atoms with E-state index < -0.39 is 0 Å². The summed E-state index contributed by atoms with van der Waals surface area (Å²) in [4.78, 5) is 23.5. The highest BCUT2D eigenvalue weighted by atomic mass is 16.5. The molecule has 0 radical (unpaired) electrons. The zero-order valence-corrected chi connectivity index (χ0v) is 23.5. The Balaban J connectivity index is 1.40. The van der Waals surface area contributed by atoms with Crippen LogP contribution in [0, 0.1) is 46.3 Å². The van der Waals surface area contributed by atoms with Crippen molar-refractivity contribution < 1.29 is 14.3 Å². The summed E-state index contributed by atoms with van der Waals surface area (Å²) in [5.41, 5.74) is 2.38. The van der Waals surface area contributed by atoms with Crippen LogP contribution in [0.2, 0.25) is 0 Å². The summed E-state index contributed by atoms with van der Waals surface area (Å²) in [6.45, 7) is 14.0. The normalized spacial score (nSPS) is 39.3. The zero-order chi connectivity index (χ0) is 25.4. The number of ketones is 1. The fourth-order valence-electron chi connectivity index (χ4n) is 9.28. The van der Waals surface area contributed by atoms with Gasteiger partial charge in [0.25, 0.3) is 0 Å². The Bertz CT molecular complexity index is 812. The number of carbonyl (C=O) groups is 2. The van der Waals surface area contributed by atoms with Crippen LogP contribution < -0.4 is 0 Å². The molecule has 0 spiro atoms. The van der Waals surface area contributed by atoms with E-state index in [-0.39, 0.29) is 29.7 Å². The molecule has 3 fully saturated rings. The Hall–Kier alpha value is -1.12. The number of esters is 1. The lowest BCUT2D eigenvalue weighted by Crippen LogP contribution is -2.51. The van der Waals surface area contributed by atoms with E-state index in [4.69, 9.17) is 4.74 Å². The fourth-order valence-corrected chi connectivity index (χ4v) is 9.28. The molecule has 4 aliphatic rings. The fraction of sp³-hybridized carbons (Fsp3) is 0.875. The minimum atomic E-state index is -0.198. The van der Waals surface area contributed by atoms with Gasteiger partial charge in [-0.1, -0.05) is 65.5 Å². The third-order valence-corrected chi connectivity index (χ3v) is 11.2. The van der Waals surface area contributed by atoms with Crippen LogP contribution in [-0.4, -0.2) is 17.9 Å². The van der Waals surface area contributed by atoms with Crippen LogP contribution in [0.5, 0.6) is 0 Å². The van der Waals surface area contributed by atoms with Gasteiger partial charge in [0.15, 0.2) is 0 Å². The van der Waals surface area contributed by atoms with Crippen LogP contribution in [0.15, 0.2) is 11.6 Å². The van der Waals surface area contributed by atoms with E-state index in [1.54, 1.807) is 5.57 Å². The smallest absolute Gasteiger partial charge is 0.306 e. The summed E-state index contributed by atoms with van der Waals surface area (Å²) >= 11 is 0. The molecule has 0 aliphatic heterocycles. The van der Waals surface area contributed by atoms with Gasteiger partial charge < -0.3 is 9.53 Å². The number of rotatable bonds is 9. The Labute approximate surface area is 215 Å². The van der Waals surface area contributed by atoms with Gasteiger partial charge in [0, 0.05) is 12.8 Å². The lowest BCUT2D eigenvalue weighted by Gasteiger charge is -2.58. The highest BCUT2D eigenvalue weighted by Crippen LogP contribution is 2.67. The van der Waals surface area contributed by atoms with Gasteiger partial charge in [0.1, 0.15) is 11.9 Å². The van der Waals surface area contributed by atoms with Crippen molar-refractivity contribution in [2.24, 2.45) is 46.3 Å². The maximum absolute atomic E-state index is 12.2. The number of fused-ring (bicyclic) bond motifs is 5. The van der Waals surface area contributed by atoms with Crippen molar-refractivity contribution in [3.05, 3.63) is 11.6 Å². The standard InChI is InChI=1S/C32H52O3/c1-21(2)8-7-9-22(3)27-13-14-28-26-12-11-24-20-25(35-30(34)15-10-23(4)33)16-18-31(24,5)29(26)17-19-32(27,28)6/h11,21-22,25-29H,7-10,12-20H2,1-6H3/t22-,25+,26+,27-,28+,29+,31+,32-/m1/s1. The molecule has 0 bridgehead atoms. The SMILES string of the molecule is CC(=O)CCC(=O)O[C@H]1CC[C@@]2(C)C(=CC[C@H]3[C@@H]4CC[C@H]([C@H](C)CCCC(C)C)[C@@]4(C)CC[C@@H]32)C1. The predicted octanol–water partition coefficient (Wildman–Crippen LogP) is 8.31. The summed E-state index contributed by atoms with van der Waals surface area (Å²) in [6, 6.07) is 0. The number of hydrogen-bond acceptors (Lipinski definition) is 3. The highest BCUT2D eigenvalue weighted by Gasteiger charge is 2.59. The molecule has 0 heterocycles. The molecule has 4 aliphatic carbocycles. The van der Waals surface area contributed by atoms with Gasteiger partial charge in [-0.05, 0) is 98.2 Å². The molecule has 0 aromatic rings. The van der Waals surface area contributed by atoms with Crippen molar-refractivity contribution in [3.8, 4) is 0 Å². The summed E-state index contributed by atoms with van der Waals surface area (Å²) < 4.78 is 5.81. The molecule has 198 valence electrons. The summed E-state index contributed by atoms with van der Waals surface area (Å²) in [6.07, 6.45) is 17.2. The first-order valence-corrected chi connectivity index (χ1v) is 14.9. The second kappa shape index (κ2) is 10.7. The zero-order valence-electron chi connectivity index (χ0n) is 23.5. The summed E-state index contributed by atoms with van der Waals surface area (Å²) in [5, 5.41) is 0. The van der Waals surface area contributed by atoms with Crippen LogP contribution in [0.25, 0.3) is 0 Å². The lowest BCUT2D eigenvalue weighted by molar-refractivity contribution is -0.152. The van der Waals surface area contributed by atoms with E-state index in [1.165, 1.54) is 58.3 Å². The molecule has 0 saturated heterocycles. The van der Waals surface area contributed by atoms with E-state index in [9.17, 15) is 9.59 Å². The predicted molar refractivity (Wildman–Crippen MR) is 143 cm³/mol. The van der Waals surface area contributed by atoms with Crippen LogP contribution in [0.4, 0.5) is 0 Å². The molecule has 0 aromatic carbocycles. The first-order chi connectivity index (χ1) is 16.5. The molecule has 3 heteroatoms. The van der Waals surface area contributed by atoms with Gasteiger partial charge in [0.05, 0.1) is 6.42 Å². The van der Waals surface area contributed by atoms with E-state index in [0.29, 0.717) is 11.8 Å². The maximum atomic E-state index is 12.2. The largest absolute Gasteiger partial charge is 0.462 e. The second-order valence-corrected chi connectivity index (χ2v) is 13.8. The van der Waals surface area contributed by atoms with Gasteiger partial charge in [-0.3, -0.25) is 4.79 Å². The van der Waals surface area contributed by atoms with Crippen LogP contribution >= 0.6 is 0 Å². The highest BCUT2D eigenvalue weighted by molar-refractivity contribution is 5.81. The van der Waals surface area contributed by atoms with Crippen molar-refractivity contribution >= 4 is 11.8 Å². The van der Waals surface area contributed by atoms with Crippen molar-refractivity contribution in [1.82, 2.24) is 0 Å². The molecule has 3 saturated carbocycles. The molecule has 4 rings (SSSR count). The van der Waals surface area contributed by atoms with Crippen molar-refractivity contribution in [2.75, 3.05) is 0 Å². The maximum Gasteiger partial charge on any atom is 0.306 e. The monoisotopic (exact) mass is 484 g/mol. The first kappa shape index (κ1) is 26.9. The van der Waals surface area contributed by atoms with Crippen molar-refractivity contribution in [2.45, 2.75) is 131 Å². The third-order valence-electron chi connectivity index (χ3n) is 11.2. The van der Waals surface area contributed by atoms with E-state index in [2.05, 4.69) is 40.7 Å². The Morgan fingerprint density at radius 3 is 2.49 bits per heavy atom. The number of carbonyl (C=O) groups excluding carboxylic acids is 2. The molecule has 0 unspecified atom stereocenters. The number of hydrogen-bond donors (Lipinski definition) is 0. The average Bonchev–Trinajstić information content (AvgIpc) is 3.15. The van der Waals surface area contributed by atoms with Gasteiger partial charge in [0.2, 0.25) is 0 Å². The summed E-state index contributed by atoms with van der Waals surface area (Å²) in [7, 11) is 0. The molecular formula is C32H52O3. The molecule has 0 aromatic heterocycles. The molecule has 0 amide bonds. The quantitative estimate of drug-likeness (QED) is 0.244. The number of allylic oxidation sites excluding steroid dienone is 1. The van der Waals surface area contributed by atoms with Gasteiger partial charge in [-0.25, -0.2) is 0 Å². The van der Waals surface area contributed by atoms with Crippen molar-refractivity contribution in [1.29, 1.82) is 0 Å². The minimum absolute atomic E-state index is 0.00161. The van der Waals surface area contributed by atoms with Crippen LogP contribution in [0.3, 0.4) is 0 Å². The summed E-state index contributed by atoms with van der Waals surface area (Å²) in [5.74, 6) is 4.97. The Morgan fingerprint density at radius 1 is 1.00 bits per heavy atom. The number of Topliss-reactive ketones (excluding diaryl/α,β-unsaturated/α-hetero) is 1. The lowest BCUT2D eigenvalue weighted by atomic mass is 9.47. The van der Waals surface area contributed by atoms with Gasteiger partial charge >= 0.3 is 5.97 Å². The van der Waals surface area contributed by atoms with Crippen LogP contribution in [0.1, 0.15) is 125 Å². The number of ether oxygens (including phenoxy) is 1. The topological polar surface area (TPSA) is 43.4 Å². The first-order valence-electron chi connectivity index (χ1n) is 14.9.